The molecule has 0 aliphatic heterocycles. The quantitative estimate of drug-likeness (QED) is 0.193. The molecule has 2 heterocycles. The summed E-state index contributed by atoms with van der Waals surface area (Å²) in [5.74, 6) is 0.419. The van der Waals surface area contributed by atoms with E-state index in [2.05, 4.69) is 132 Å². The van der Waals surface area contributed by atoms with Crippen molar-refractivity contribution in [3.63, 3.8) is 0 Å². The van der Waals surface area contributed by atoms with Gasteiger partial charge in [-0.1, -0.05) is 98.8 Å². The molecule has 0 aliphatic carbocycles. The molecule has 5 aromatic carbocycles. The van der Waals surface area contributed by atoms with Crippen LogP contribution in [-0.4, -0.2) is 9.97 Å². The average Bonchev–Trinajstić information content (AvgIpc) is 3.03. The Morgan fingerprint density at radius 3 is 1.20 bits per heavy atom. The number of nitrogens with zero attached hydrogens (tertiary/aromatic N) is 2. The maximum atomic E-state index is 4.82. The molecule has 0 saturated carbocycles. The van der Waals surface area contributed by atoms with Gasteiger partial charge in [-0.2, -0.15) is 0 Å². The summed E-state index contributed by atoms with van der Waals surface area (Å²) < 4.78 is 0. The van der Waals surface area contributed by atoms with Crippen molar-refractivity contribution in [3.05, 3.63) is 144 Å². The second-order valence-corrected chi connectivity index (χ2v) is 12.2. The molecule has 0 aliphatic rings. The minimum atomic E-state index is 0.419. The maximum absolute atomic E-state index is 4.82. The first-order valence-electron chi connectivity index (χ1n) is 15.4. The van der Waals surface area contributed by atoms with Gasteiger partial charge in [-0.3, -0.25) is 9.97 Å². The van der Waals surface area contributed by atoms with Gasteiger partial charge in [0.15, 0.2) is 0 Å². The summed E-state index contributed by atoms with van der Waals surface area (Å²) in [7, 11) is 0. The third kappa shape index (κ3) is 4.68. The van der Waals surface area contributed by atoms with Crippen molar-refractivity contribution in [1.82, 2.24) is 9.97 Å². The lowest BCUT2D eigenvalue weighted by Crippen LogP contribution is -1.97. The van der Waals surface area contributed by atoms with E-state index in [1.807, 2.05) is 24.8 Å². The molecule has 0 saturated heterocycles. The normalized spacial score (nSPS) is 11.5. The highest BCUT2D eigenvalue weighted by Gasteiger charge is 2.19. The van der Waals surface area contributed by atoms with Crippen LogP contribution in [0.2, 0.25) is 0 Å². The van der Waals surface area contributed by atoms with Crippen molar-refractivity contribution in [1.29, 1.82) is 0 Å². The minimum Gasteiger partial charge on any atom is -0.263 e. The van der Waals surface area contributed by atoms with Gasteiger partial charge in [0.1, 0.15) is 0 Å². The first-order chi connectivity index (χ1) is 21.4. The van der Waals surface area contributed by atoms with Crippen molar-refractivity contribution in [2.75, 3.05) is 0 Å². The lowest BCUT2D eigenvalue weighted by atomic mass is 9.85. The molecule has 0 N–H and O–H groups in total. The average molecular weight is 569 g/mol. The molecule has 0 amide bonds. The van der Waals surface area contributed by atoms with E-state index in [9.17, 15) is 0 Å². The van der Waals surface area contributed by atoms with Crippen LogP contribution in [0.15, 0.2) is 122 Å². The zero-order chi connectivity index (χ0) is 30.4. The number of rotatable bonds is 5. The molecule has 0 atom stereocenters. The molecule has 0 fully saturated rings. The van der Waals surface area contributed by atoms with Crippen molar-refractivity contribution < 1.29 is 0 Å². The predicted molar refractivity (Wildman–Crippen MR) is 187 cm³/mol. The molecular weight excluding hydrogens is 532 g/mol. The first-order valence-corrected chi connectivity index (χ1v) is 15.4. The Hall–Kier alpha value is -5.08. The second-order valence-electron chi connectivity index (χ2n) is 12.2. The van der Waals surface area contributed by atoms with Gasteiger partial charge in [0.2, 0.25) is 0 Å². The number of hydrogen-bond acceptors (Lipinski definition) is 2. The largest absolute Gasteiger partial charge is 0.263 e. The highest BCUT2D eigenvalue weighted by molar-refractivity contribution is 6.21. The lowest BCUT2D eigenvalue weighted by molar-refractivity contribution is 0.867. The fourth-order valence-corrected chi connectivity index (χ4v) is 7.01. The van der Waals surface area contributed by atoms with Gasteiger partial charge in [0, 0.05) is 47.0 Å². The molecule has 0 unspecified atom stereocenters. The predicted octanol–water partition coefficient (Wildman–Crippen LogP) is 11.5. The zero-order valence-corrected chi connectivity index (χ0v) is 26.0. The molecule has 7 aromatic rings. The maximum Gasteiger partial charge on any atom is 0.0347 e. The monoisotopic (exact) mass is 568 g/mol. The van der Waals surface area contributed by atoms with E-state index in [1.54, 1.807) is 0 Å². The number of aryl methyl sites for hydroxylation is 3. The molecule has 0 spiro atoms. The Morgan fingerprint density at radius 1 is 0.409 bits per heavy atom. The number of fused-ring (bicyclic) bond motifs is 2. The fraction of sp³-hybridized carbons (Fsp3) is 0.143. The van der Waals surface area contributed by atoms with E-state index in [1.165, 1.54) is 66.1 Å². The third-order valence-electron chi connectivity index (χ3n) is 8.97. The summed E-state index contributed by atoms with van der Waals surface area (Å²) in [5.41, 5.74) is 14.7. The van der Waals surface area contributed by atoms with Crippen molar-refractivity contribution >= 4 is 21.5 Å². The van der Waals surface area contributed by atoms with Gasteiger partial charge in [-0.05, 0) is 105 Å². The Morgan fingerprint density at radius 2 is 0.773 bits per heavy atom. The van der Waals surface area contributed by atoms with Gasteiger partial charge in [-0.25, -0.2) is 0 Å². The van der Waals surface area contributed by atoms with Crippen LogP contribution in [0, 0.1) is 20.8 Å². The topological polar surface area (TPSA) is 25.8 Å². The molecule has 7 rings (SSSR count). The van der Waals surface area contributed by atoms with E-state index >= 15 is 0 Å². The molecule has 0 bridgehead atoms. The zero-order valence-electron chi connectivity index (χ0n) is 26.0. The van der Waals surface area contributed by atoms with Crippen LogP contribution in [-0.2, 0) is 0 Å². The van der Waals surface area contributed by atoms with Gasteiger partial charge < -0.3 is 0 Å². The van der Waals surface area contributed by atoms with E-state index in [-0.39, 0.29) is 0 Å². The lowest BCUT2D eigenvalue weighted by Gasteiger charge is -2.19. The van der Waals surface area contributed by atoms with Crippen LogP contribution in [0.4, 0.5) is 0 Å². The molecule has 2 heteroatoms. The van der Waals surface area contributed by atoms with E-state index in [4.69, 9.17) is 9.97 Å². The highest BCUT2D eigenvalue weighted by atomic mass is 14.6. The van der Waals surface area contributed by atoms with Crippen molar-refractivity contribution in [3.8, 4) is 44.5 Å². The number of aromatic nitrogens is 2. The van der Waals surface area contributed by atoms with E-state index in [0.717, 1.165) is 22.3 Å². The summed E-state index contributed by atoms with van der Waals surface area (Å²) in [6.45, 7) is 11.1. The SMILES string of the molecule is Cc1cccc(C)c1-c1cncc(-c2c3ccccc3c(-c3cncc(-c4c(C)cccc4C(C)C)c3)c3ccccc23)c1. The third-order valence-corrected chi connectivity index (χ3v) is 8.97. The number of pyridine rings is 2. The standard InChI is InChI=1S/C42H36N2/c1-26(2)34-19-11-14-29(5)40(34)31-21-33(25-44-23-31)42-37-17-8-6-15-35(37)41(36-16-7-9-18-38(36)42)32-20-30(22-43-24-32)39-27(3)12-10-13-28(39)4/h6-26H,1-5H3. The van der Waals surface area contributed by atoms with Crippen molar-refractivity contribution in [2.24, 2.45) is 0 Å². The number of benzene rings is 5. The fourth-order valence-electron chi connectivity index (χ4n) is 7.01. The summed E-state index contributed by atoms with van der Waals surface area (Å²) in [6, 6.07) is 35.3. The molecule has 2 aromatic heterocycles. The van der Waals surface area contributed by atoms with Crippen LogP contribution >= 0.6 is 0 Å². The Balaban J connectivity index is 1.50. The first kappa shape index (κ1) is 27.7. The molecule has 214 valence electrons. The summed E-state index contributed by atoms with van der Waals surface area (Å²) >= 11 is 0. The molecular formula is C42H36N2. The van der Waals surface area contributed by atoms with Gasteiger partial charge in [-0.15, -0.1) is 0 Å². The summed E-state index contributed by atoms with van der Waals surface area (Å²) in [5, 5.41) is 4.86. The van der Waals surface area contributed by atoms with Crippen LogP contribution in [0.25, 0.3) is 66.1 Å². The minimum absolute atomic E-state index is 0.419. The van der Waals surface area contributed by atoms with E-state index in [0.29, 0.717) is 5.92 Å². The van der Waals surface area contributed by atoms with E-state index < -0.39 is 0 Å². The Kier molecular flexibility index (Phi) is 7.06. The van der Waals surface area contributed by atoms with Crippen LogP contribution in [0.1, 0.15) is 42.0 Å². The van der Waals surface area contributed by atoms with Crippen molar-refractivity contribution in [2.45, 2.75) is 40.5 Å². The number of hydrogen-bond donors (Lipinski definition) is 0. The van der Waals surface area contributed by atoms with Crippen LogP contribution in [0.5, 0.6) is 0 Å². The smallest absolute Gasteiger partial charge is 0.0347 e. The molecule has 0 radical (unpaired) electrons. The van der Waals surface area contributed by atoms with Gasteiger partial charge in [0.05, 0.1) is 0 Å². The van der Waals surface area contributed by atoms with Crippen LogP contribution in [0.3, 0.4) is 0 Å². The Labute approximate surface area is 260 Å². The summed E-state index contributed by atoms with van der Waals surface area (Å²) in [4.78, 5) is 9.60. The molecule has 44 heavy (non-hydrogen) atoms. The van der Waals surface area contributed by atoms with Crippen LogP contribution < -0.4 is 0 Å². The van der Waals surface area contributed by atoms with Gasteiger partial charge >= 0.3 is 0 Å². The summed E-state index contributed by atoms with van der Waals surface area (Å²) in [6.07, 6.45) is 8.04. The Bertz CT molecular complexity index is 2110. The second kappa shape index (κ2) is 11.2. The highest BCUT2D eigenvalue weighted by Crippen LogP contribution is 2.45. The molecule has 2 nitrogen and oxygen atoms in total. The van der Waals surface area contributed by atoms with Gasteiger partial charge in [0.25, 0.3) is 0 Å².